The van der Waals surface area contributed by atoms with Crippen molar-refractivity contribution in [2.24, 2.45) is 11.8 Å². The van der Waals surface area contributed by atoms with Crippen LogP contribution in [-0.2, 0) is 17.6 Å². The largest absolute Gasteiger partial charge is 0.496 e. The van der Waals surface area contributed by atoms with Gasteiger partial charge in [-0.15, -0.1) is 0 Å². The number of nitrogens with one attached hydrogen (secondary N) is 1. The van der Waals surface area contributed by atoms with Gasteiger partial charge in [-0.3, -0.25) is 4.79 Å². The Morgan fingerprint density at radius 1 is 1.06 bits per heavy atom. The highest BCUT2D eigenvalue weighted by atomic mass is 16.5. The van der Waals surface area contributed by atoms with Crippen molar-refractivity contribution >= 4 is 5.91 Å². The van der Waals surface area contributed by atoms with Crippen LogP contribution in [-0.4, -0.2) is 57.3 Å². The number of methoxy groups -OCH3 is 2. The third kappa shape index (κ3) is 7.05. The first-order valence-electron chi connectivity index (χ1n) is 12.2. The second-order valence-electron chi connectivity index (χ2n) is 9.40. The molecule has 1 saturated heterocycles. The summed E-state index contributed by atoms with van der Waals surface area (Å²) >= 11 is 0. The average Bonchev–Trinajstić information content (AvgIpc) is 3.26. The van der Waals surface area contributed by atoms with Gasteiger partial charge < -0.3 is 19.7 Å². The van der Waals surface area contributed by atoms with Crippen molar-refractivity contribution < 1.29 is 14.3 Å². The number of hydrogen-bond donors (Lipinski definition) is 1. The van der Waals surface area contributed by atoms with Crippen molar-refractivity contribution in [2.45, 2.75) is 45.6 Å². The number of benzene rings is 2. The van der Waals surface area contributed by atoms with Gasteiger partial charge in [0.2, 0.25) is 0 Å². The molecule has 0 radical (unpaired) electrons. The van der Waals surface area contributed by atoms with E-state index in [9.17, 15) is 4.79 Å². The second-order valence-corrected chi connectivity index (χ2v) is 9.40. The first-order chi connectivity index (χ1) is 16.0. The number of carbonyl (C=O) groups is 1. The Morgan fingerprint density at radius 3 is 2.52 bits per heavy atom. The Kier molecular flexibility index (Phi) is 9.76. The molecule has 180 valence electrons. The monoisotopic (exact) mass is 452 g/mol. The lowest BCUT2D eigenvalue weighted by atomic mass is 9.89. The summed E-state index contributed by atoms with van der Waals surface area (Å²) in [7, 11) is 3.42. The van der Waals surface area contributed by atoms with Crippen LogP contribution in [0.15, 0.2) is 48.5 Å². The zero-order valence-electron chi connectivity index (χ0n) is 20.7. The summed E-state index contributed by atoms with van der Waals surface area (Å²) in [6.07, 6.45) is 3.92. The Hall–Kier alpha value is -2.37. The molecule has 0 spiro atoms. The van der Waals surface area contributed by atoms with Crippen molar-refractivity contribution in [1.29, 1.82) is 0 Å². The van der Waals surface area contributed by atoms with Crippen LogP contribution in [0, 0.1) is 11.8 Å². The van der Waals surface area contributed by atoms with E-state index in [1.54, 1.807) is 14.2 Å². The van der Waals surface area contributed by atoms with E-state index in [-0.39, 0.29) is 11.9 Å². The molecule has 0 saturated carbocycles. The van der Waals surface area contributed by atoms with Crippen LogP contribution < -0.4 is 10.1 Å². The summed E-state index contributed by atoms with van der Waals surface area (Å²) in [5, 5.41) is 3.56. The van der Waals surface area contributed by atoms with Crippen molar-refractivity contribution in [1.82, 2.24) is 10.2 Å². The standard InChI is InChI=1S/C28H40N2O3/c1-21(2)30(20-26-19-29-18-25(26)16-22-10-6-5-7-11-22)28(31)24-13-14-27(33-4)23(17-24)12-8-9-15-32-3/h5-7,10-11,13-14,17,21,25-26,29H,8-9,12,15-16,18-20H2,1-4H3. The van der Waals surface area contributed by atoms with Crippen molar-refractivity contribution in [2.75, 3.05) is 40.5 Å². The van der Waals surface area contributed by atoms with Crippen LogP contribution in [0.4, 0.5) is 0 Å². The number of nitrogens with zero attached hydrogens (tertiary/aromatic N) is 1. The van der Waals surface area contributed by atoms with E-state index in [1.807, 2.05) is 23.1 Å². The van der Waals surface area contributed by atoms with E-state index in [0.29, 0.717) is 11.8 Å². The van der Waals surface area contributed by atoms with Gasteiger partial charge in [0.1, 0.15) is 5.75 Å². The molecule has 0 aliphatic carbocycles. The van der Waals surface area contributed by atoms with Crippen LogP contribution in [0.25, 0.3) is 0 Å². The lowest BCUT2D eigenvalue weighted by Crippen LogP contribution is -2.42. The Bertz CT molecular complexity index is 869. The molecule has 1 N–H and O–H groups in total. The van der Waals surface area contributed by atoms with E-state index in [0.717, 1.165) is 68.8 Å². The average molecular weight is 453 g/mol. The number of carbonyl (C=O) groups excluding carboxylic acids is 1. The zero-order chi connectivity index (χ0) is 23.6. The molecule has 2 atom stereocenters. The third-order valence-corrected chi connectivity index (χ3v) is 6.71. The smallest absolute Gasteiger partial charge is 0.254 e. The van der Waals surface area contributed by atoms with E-state index in [1.165, 1.54) is 5.56 Å². The van der Waals surface area contributed by atoms with Crippen molar-refractivity contribution in [3.8, 4) is 5.75 Å². The molecule has 1 aliphatic heterocycles. The molecule has 2 aromatic rings. The highest BCUT2D eigenvalue weighted by Gasteiger charge is 2.31. The predicted molar refractivity (Wildman–Crippen MR) is 134 cm³/mol. The van der Waals surface area contributed by atoms with Crippen LogP contribution in [0.1, 0.15) is 48.2 Å². The van der Waals surface area contributed by atoms with Crippen LogP contribution in [0.2, 0.25) is 0 Å². The Morgan fingerprint density at radius 2 is 1.82 bits per heavy atom. The highest BCUT2D eigenvalue weighted by molar-refractivity contribution is 5.94. The quantitative estimate of drug-likeness (QED) is 0.479. The van der Waals surface area contributed by atoms with Gasteiger partial charge in [0, 0.05) is 31.9 Å². The topological polar surface area (TPSA) is 50.8 Å². The van der Waals surface area contributed by atoms with Gasteiger partial charge in [0.25, 0.3) is 5.91 Å². The number of ether oxygens (including phenoxy) is 2. The molecule has 5 nitrogen and oxygen atoms in total. The fraction of sp³-hybridized carbons (Fsp3) is 0.536. The van der Waals surface area contributed by atoms with Gasteiger partial charge in [-0.05, 0) is 93.8 Å². The van der Waals surface area contributed by atoms with Gasteiger partial charge >= 0.3 is 0 Å². The normalized spacial score (nSPS) is 18.0. The molecular weight excluding hydrogens is 412 g/mol. The molecule has 2 unspecified atom stereocenters. The van der Waals surface area contributed by atoms with Crippen LogP contribution in [0.3, 0.4) is 0 Å². The molecule has 3 rings (SSSR count). The van der Waals surface area contributed by atoms with Gasteiger partial charge in [0.15, 0.2) is 0 Å². The van der Waals surface area contributed by atoms with Crippen LogP contribution >= 0.6 is 0 Å². The number of rotatable bonds is 12. The predicted octanol–water partition coefficient (Wildman–Crippen LogP) is 4.59. The minimum Gasteiger partial charge on any atom is -0.496 e. The number of amides is 1. The minimum atomic E-state index is 0.108. The first kappa shape index (κ1) is 25.3. The molecule has 1 fully saturated rings. The Labute approximate surface area is 199 Å². The van der Waals surface area contributed by atoms with E-state index in [2.05, 4.69) is 49.5 Å². The minimum absolute atomic E-state index is 0.108. The fourth-order valence-electron chi connectivity index (χ4n) is 4.77. The molecule has 1 aliphatic rings. The molecule has 1 amide bonds. The molecule has 2 aromatic carbocycles. The van der Waals surface area contributed by atoms with Gasteiger partial charge in [-0.25, -0.2) is 0 Å². The second kappa shape index (κ2) is 12.8. The molecule has 33 heavy (non-hydrogen) atoms. The summed E-state index contributed by atoms with van der Waals surface area (Å²) < 4.78 is 10.7. The van der Waals surface area contributed by atoms with Crippen molar-refractivity contribution in [3.63, 3.8) is 0 Å². The first-order valence-corrected chi connectivity index (χ1v) is 12.2. The molecule has 5 heteroatoms. The molecular formula is C28H40N2O3. The fourth-order valence-corrected chi connectivity index (χ4v) is 4.77. The zero-order valence-corrected chi connectivity index (χ0v) is 20.7. The van der Waals surface area contributed by atoms with Crippen molar-refractivity contribution in [3.05, 3.63) is 65.2 Å². The lowest BCUT2D eigenvalue weighted by molar-refractivity contribution is 0.0662. The molecule has 1 heterocycles. The molecule has 0 aromatic heterocycles. The Balaban J connectivity index is 1.71. The van der Waals surface area contributed by atoms with E-state index < -0.39 is 0 Å². The maximum Gasteiger partial charge on any atom is 0.254 e. The van der Waals surface area contributed by atoms with Gasteiger partial charge in [-0.1, -0.05) is 30.3 Å². The highest BCUT2D eigenvalue weighted by Crippen LogP contribution is 2.26. The van der Waals surface area contributed by atoms with E-state index >= 15 is 0 Å². The van der Waals surface area contributed by atoms with Gasteiger partial charge in [-0.2, -0.15) is 0 Å². The molecule has 0 bridgehead atoms. The summed E-state index contributed by atoms with van der Waals surface area (Å²) in [5.74, 6) is 1.94. The summed E-state index contributed by atoms with van der Waals surface area (Å²) in [6.45, 7) is 7.72. The number of aryl methyl sites for hydroxylation is 1. The SMILES string of the molecule is COCCCCc1cc(C(=O)N(CC2CNCC2Cc2ccccc2)C(C)C)ccc1OC. The number of hydrogen-bond acceptors (Lipinski definition) is 4. The summed E-state index contributed by atoms with van der Waals surface area (Å²) in [4.78, 5) is 15.7. The lowest BCUT2D eigenvalue weighted by Gasteiger charge is -2.32. The third-order valence-electron chi connectivity index (χ3n) is 6.71. The van der Waals surface area contributed by atoms with Gasteiger partial charge in [0.05, 0.1) is 7.11 Å². The number of unbranched alkanes of at least 4 members (excludes halogenated alkanes) is 1. The summed E-state index contributed by atoms with van der Waals surface area (Å²) in [6, 6.07) is 16.7. The maximum absolute atomic E-state index is 13.6. The maximum atomic E-state index is 13.6. The van der Waals surface area contributed by atoms with E-state index in [4.69, 9.17) is 9.47 Å². The van der Waals surface area contributed by atoms with Crippen LogP contribution in [0.5, 0.6) is 5.75 Å². The summed E-state index contributed by atoms with van der Waals surface area (Å²) in [5.41, 5.74) is 3.20.